The van der Waals surface area contributed by atoms with Crippen LogP contribution in [0.1, 0.15) is 62.9 Å². The van der Waals surface area contributed by atoms with Crippen LogP contribution in [-0.2, 0) is 6.42 Å². The summed E-state index contributed by atoms with van der Waals surface area (Å²) in [6, 6.07) is 0. The van der Waals surface area contributed by atoms with Crippen LogP contribution in [0.5, 0.6) is 0 Å². The van der Waals surface area contributed by atoms with Gasteiger partial charge in [0, 0.05) is 0 Å². The molecule has 0 spiro atoms. The Kier molecular flexibility index (Phi) is 3.58. The lowest BCUT2D eigenvalue weighted by molar-refractivity contribution is -0.0579. The van der Waals surface area contributed by atoms with E-state index in [-0.39, 0.29) is 11.5 Å². The fourth-order valence-corrected chi connectivity index (χ4v) is 8.79. The van der Waals surface area contributed by atoms with Crippen molar-refractivity contribution in [1.29, 1.82) is 0 Å². The predicted molar refractivity (Wildman–Crippen MR) is 107 cm³/mol. The molecule has 6 atom stereocenters. The molecule has 0 saturated heterocycles. The van der Waals surface area contributed by atoms with Gasteiger partial charge in [-0.05, 0) is 102 Å². The van der Waals surface area contributed by atoms with Crippen molar-refractivity contribution in [3.8, 4) is 0 Å². The molecular formula is C20H26INOS. The van der Waals surface area contributed by atoms with Crippen molar-refractivity contribution >= 4 is 39.5 Å². The highest BCUT2D eigenvalue weighted by Gasteiger charge is 2.58. The van der Waals surface area contributed by atoms with E-state index in [1.54, 1.807) is 5.57 Å². The molecule has 0 radical (unpaired) electrons. The lowest BCUT2D eigenvalue weighted by Gasteiger charge is -2.56. The average molecular weight is 455 g/mol. The number of aliphatic hydroxyl groups is 1. The Morgan fingerprint density at radius 3 is 2.88 bits per heavy atom. The van der Waals surface area contributed by atoms with Crippen molar-refractivity contribution in [3.63, 3.8) is 0 Å². The minimum Gasteiger partial charge on any atom is -0.393 e. The summed E-state index contributed by atoms with van der Waals surface area (Å²) in [5.74, 6) is 2.31. The zero-order valence-electron chi connectivity index (χ0n) is 14.5. The summed E-state index contributed by atoms with van der Waals surface area (Å²) in [7, 11) is 0. The van der Waals surface area contributed by atoms with Crippen LogP contribution >= 0.6 is 33.9 Å². The number of fused-ring (bicyclic) bond motifs is 7. The second kappa shape index (κ2) is 5.29. The van der Waals surface area contributed by atoms with E-state index in [4.69, 9.17) is 4.98 Å². The Morgan fingerprint density at radius 1 is 1.21 bits per heavy atom. The molecule has 4 aliphatic rings. The molecule has 1 heterocycles. The van der Waals surface area contributed by atoms with Gasteiger partial charge in [0.05, 0.1) is 16.7 Å². The maximum Gasteiger partial charge on any atom is 0.154 e. The van der Waals surface area contributed by atoms with Crippen LogP contribution in [0, 0.1) is 31.6 Å². The number of aromatic nitrogens is 1. The molecule has 24 heavy (non-hydrogen) atoms. The quantitative estimate of drug-likeness (QED) is 0.540. The summed E-state index contributed by atoms with van der Waals surface area (Å²) in [4.78, 5) is 6.27. The van der Waals surface area contributed by atoms with E-state index in [9.17, 15) is 5.11 Å². The first-order valence-corrected chi connectivity index (χ1v) is 11.4. The molecule has 130 valence electrons. The summed E-state index contributed by atoms with van der Waals surface area (Å²) in [6.07, 6.45) is 10.9. The molecule has 1 unspecified atom stereocenters. The third-order valence-corrected chi connectivity index (χ3v) is 10.0. The van der Waals surface area contributed by atoms with Gasteiger partial charge in [-0.3, -0.25) is 0 Å². The summed E-state index contributed by atoms with van der Waals surface area (Å²) in [5, 5.41) is 10.6. The van der Waals surface area contributed by atoms with Gasteiger partial charge in [0.15, 0.2) is 3.01 Å². The maximum absolute atomic E-state index is 10.6. The van der Waals surface area contributed by atoms with Crippen LogP contribution in [0.15, 0.2) is 6.08 Å². The number of hydrogen-bond donors (Lipinski definition) is 1. The molecule has 4 heteroatoms. The van der Waals surface area contributed by atoms with Gasteiger partial charge in [-0.2, -0.15) is 0 Å². The Balaban J connectivity index is 1.57. The average Bonchev–Trinajstić information content (AvgIpc) is 3.06. The largest absolute Gasteiger partial charge is 0.393 e. The van der Waals surface area contributed by atoms with Crippen LogP contribution in [0.2, 0.25) is 0 Å². The molecule has 0 amide bonds. The number of aryl methyl sites for hydroxylation is 1. The standard InChI is InChI=1S/C20H26INOS/c1-19-10-8-15-17(24-18(21)22-15)14(19)4-3-11-12-5-6-16(23)20(12,2)9-7-13(11)19/h4,11-13,16,23H,3,5-10H2,1-2H3/t11-,12-,13-,16?,19+,20-/m0/s1. The molecule has 0 aromatic carbocycles. The van der Waals surface area contributed by atoms with E-state index in [1.165, 1.54) is 45.7 Å². The monoisotopic (exact) mass is 455 g/mol. The fourth-order valence-electron chi connectivity index (χ4n) is 6.82. The second-order valence-electron chi connectivity index (χ2n) is 9.03. The van der Waals surface area contributed by atoms with Gasteiger partial charge in [0.25, 0.3) is 0 Å². The summed E-state index contributed by atoms with van der Waals surface area (Å²) >= 11 is 4.28. The molecule has 0 bridgehead atoms. The third-order valence-electron chi connectivity index (χ3n) is 8.21. The zero-order valence-corrected chi connectivity index (χ0v) is 17.5. The lowest BCUT2D eigenvalue weighted by atomic mass is 9.48. The highest BCUT2D eigenvalue weighted by Crippen LogP contribution is 2.66. The second-order valence-corrected chi connectivity index (χ2v) is 11.8. The smallest absolute Gasteiger partial charge is 0.154 e. The van der Waals surface area contributed by atoms with Gasteiger partial charge in [0.1, 0.15) is 0 Å². The van der Waals surface area contributed by atoms with E-state index in [1.807, 2.05) is 11.3 Å². The van der Waals surface area contributed by atoms with Crippen LogP contribution in [0.3, 0.4) is 0 Å². The number of thiazole rings is 1. The van der Waals surface area contributed by atoms with Gasteiger partial charge in [0.2, 0.25) is 0 Å². The van der Waals surface area contributed by atoms with E-state index < -0.39 is 0 Å². The van der Waals surface area contributed by atoms with E-state index >= 15 is 0 Å². The molecule has 0 aliphatic heterocycles. The van der Waals surface area contributed by atoms with E-state index in [2.05, 4.69) is 42.5 Å². The number of rotatable bonds is 0. The number of allylic oxidation sites excluding steroid dienone is 2. The predicted octanol–water partition coefficient (Wildman–Crippen LogP) is 5.29. The normalized spacial score (nSPS) is 46.6. The summed E-state index contributed by atoms with van der Waals surface area (Å²) < 4.78 is 1.19. The summed E-state index contributed by atoms with van der Waals surface area (Å²) in [5.41, 5.74) is 3.49. The Labute approximate surface area is 162 Å². The van der Waals surface area contributed by atoms with Crippen LogP contribution in [-0.4, -0.2) is 16.2 Å². The van der Waals surface area contributed by atoms with Gasteiger partial charge >= 0.3 is 0 Å². The topological polar surface area (TPSA) is 33.1 Å². The van der Waals surface area contributed by atoms with Crippen molar-refractivity contribution < 1.29 is 5.11 Å². The number of hydrogen-bond acceptors (Lipinski definition) is 3. The lowest BCUT2D eigenvalue weighted by Crippen LogP contribution is -2.50. The van der Waals surface area contributed by atoms with Crippen molar-refractivity contribution in [1.82, 2.24) is 4.98 Å². The van der Waals surface area contributed by atoms with Gasteiger partial charge in [-0.1, -0.05) is 19.9 Å². The maximum atomic E-state index is 10.6. The molecule has 1 aromatic rings. The first kappa shape index (κ1) is 16.2. The van der Waals surface area contributed by atoms with Gasteiger partial charge in [-0.15, -0.1) is 11.3 Å². The molecule has 4 aliphatic carbocycles. The molecule has 5 rings (SSSR count). The molecule has 2 fully saturated rings. The Morgan fingerprint density at radius 2 is 2.04 bits per heavy atom. The van der Waals surface area contributed by atoms with Gasteiger partial charge in [-0.25, -0.2) is 4.98 Å². The zero-order chi connectivity index (χ0) is 16.7. The Bertz CT molecular complexity index is 727. The Hall–Kier alpha value is 0.0600. The molecule has 2 nitrogen and oxygen atoms in total. The number of aliphatic hydroxyl groups excluding tert-OH is 1. The molecule has 2 saturated carbocycles. The van der Waals surface area contributed by atoms with Crippen LogP contribution in [0.4, 0.5) is 0 Å². The number of halogens is 1. The highest BCUT2D eigenvalue weighted by molar-refractivity contribution is 14.1. The minimum absolute atomic E-state index is 0.0670. The molecule has 1 N–H and O–H groups in total. The molecule has 1 aromatic heterocycles. The summed E-state index contributed by atoms with van der Waals surface area (Å²) in [6.45, 7) is 4.91. The van der Waals surface area contributed by atoms with Crippen LogP contribution in [0.25, 0.3) is 5.57 Å². The minimum atomic E-state index is -0.0670. The molecular weight excluding hydrogens is 429 g/mol. The van der Waals surface area contributed by atoms with Gasteiger partial charge < -0.3 is 5.11 Å². The SMILES string of the molecule is C[C@]12CCc3nc(I)sc3C1=CC[C@@H]1[C@@H]2CC[C@]2(C)C(O)CC[C@@H]12. The van der Waals surface area contributed by atoms with Crippen molar-refractivity contribution in [2.45, 2.75) is 64.9 Å². The van der Waals surface area contributed by atoms with Crippen molar-refractivity contribution in [3.05, 3.63) is 19.7 Å². The first-order chi connectivity index (χ1) is 11.4. The van der Waals surface area contributed by atoms with Crippen LogP contribution < -0.4 is 0 Å². The van der Waals surface area contributed by atoms with E-state index in [0.29, 0.717) is 5.41 Å². The number of nitrogens with zero attached hydrogens (tertiary/aromatic N) is 1. The first-order valence-electron chi connectivity index (χ1n) is 9.48. The van der Waals surface area contributed by atoms with Crippen molar-refractivity contribution in [2.75, 3.05) is 0 Å². The third kappa shape index (κ3) is 1.99. The van der Waals surface area contributed by atoms with E-state index in [0.717, 1.165) is 30.6 Å². The van der Waals surface area contributed by atoms with Crippen molar-refractivity contribution in [2.24, 2.45) is 28.6 Å². The highest BCUT2D eigenvalue weighted by atomic mass is 127. The fraction of sp³-hybridized carbons (Fsp3) is 0.750.